The Hall–Kier alpha value is -2.73. The highest BCUT2D eigenvalue weighted by molar-refractivity contribution is 6.30. The summed E-state index contributed by atoms with van der Waals surface area (Å²) in [6.07, 6.45) is 0. The quantitative estimate of drug-likeness (QED) is 0.798. The van der Waals surface area contributed by atoms with Crippen molar-refractivity contribution in [2.24, 2.45) is 0 Å². The number of amides is 1. The number of nitrogens with one attached hydrogen (secondary N) is 1. The smallest absolute Gasteiger partial charge is 0.255 e. The summed E-state index contributed by atoms with van der Waals surface area (Å²) in [6.45, 7) is 2.56. The Morgan fingerprint density at radius 1 is 1.17 bits per heavy atom. The van der Waals surface area contributed by atoms with Gasteiger partial charge in [0.15, 0.2) is 0 Å². The van der Waals surface area contributed by atoms with Crippen LogP contribution in [0, 0.1) is 0 Å². The van der Waals surface area contributed by atoms with Crippen LogP contribution in [0.15, 0.2) is 48.5 Å². The molecule has 0 aliphatic rings. The van der Waals surface area contributed by atoms with Gasteiger partial charge in [0, 0.05) is 16.1 Å². The van der Waals surface area contributed by atoms with Gasteiger partial charge >= 0.3 is 0 Å². The van der Waals surface area contributed by atoms with Crippen molar-refractivity contribution in [2.45, 2.75) is 13.5 Å². The van der Waals surface area contributed by atoms with Crippen molar-refractivity contribution in [3.63, 3.8) is 0 Å². The largest absolute Gasteiger partial charge is 0.321 e. The van der Waals surface area contributed by atoms with E-state index in [-0.39, 0.29) is 5.91 Å². The minimum absolute atomic E-state index is 0.225. The van der Waals surface area contributed by atoms with Crippen LogP contribution in [0.25, 0.3) is 11.4 Å². The standard InChI is InChI=1S/C16H14ClN5O/c1-2-22-20-15(19-21-22)13-5-3-4-6-14(13)18-16(23)11-7-9-12(17)10-8-11/h3-10H,2H2,1H3,(H,18,23). The fraction of sp³-hybridized carbons (Fsp3) is 0.125. The van der Waals surface area contributed by atoms with Crippen molar-refractivity contribution >= 4 is 23.2 Å². The summed E-state index contributed by atoms with van der Waals surface area (Å²) < 4.78 is 0. The maximum absolute atomic E-state index is 12.4. The lowest BCUT2D eigenvalue weighted by atomic mass is 10.1. The van der Waals surface area contributed by atoms with Crippen LogP contribution >= 0.6 is 11.6 Å². The van der Waals surface area contributed by atoms with Crippen molar-refractivity contribution in [3.05, 3.63) is 59.1 Å². The summed E-state index contributed by atoms with van der Waals surface area (Å²) in [7, 11) is 0. The van der Waals surface area contributed by atoms with E-state index < -0.39 is 0 Å². The lowest BCUT2D eigenvalue weighted by Crippen LogP contribution is -2.12. The molecular formula is C16H14ClN5O. The second kappa shape index (κ2) is 6.58. The average molecular weight is 328 g/mol. The topological polar surface area (TPSA) is 72.7 Å². The Balaban J connectivity index is 1.88. The molecular weight excluding hydrogens is 314 g/mol. The average Bonchev–Trinajstić information content (AvgIpc) is 3.05. The number of carbonyl (C=O) groups is 1. The molecule has 23 heavy (non-hydrogen) atoms. The highest BCUT2D eigenvalue weighted by Gasteiger charge is 2.13. The monoisotopic (exact) mass is 327 g/mol. The second-order valence-corrected chi connectivity index (χ2v) is 5.24. The van der Waals surface area contributed by atoms with Gasteiger partial charge in [0.1, 0.15) is 0 Å². The molecule has 0 fully saturated rings. The predicted octanol–water partition coefficient (Wildman–Crippen LogP) is 3.27. The van der Waals surface area contributed by atoms with E-state index in [4.69, 9.17) is 11.6 Å². The van der Waals surface area contributed by atoms with Gasteiger partial charge in [-0.2, -0.15) is 4.80 Å². The Labute approximate surface area is 138 Å². The number of hydrogen-bond acceptors (Lipinski definition) is 4. The van der Waals surface area contributed by atoms with Gasteiger partial charge in [-0.05, 0) is 48.5 Å². The number of hydrogen-bond donors (Lipinski definition) is 1. The lowest BCUT2D eigenvalue weighted by Gasteiger charge is -2.08. The van der Waals surface area contributed by atoms with Crippen LogP contribution < -0.4 is 5.32 Å². The molecule has 0 saturated carbocycles. The molecule has 1 heterocycles. The summed E-state index contributed by atoms with van der Waals surface area (Å²) in [6, 6.07) is 14.0. The molecule has 1 N–H and O–H groups in total. The number of para-hydroxylation sites is 1. The predicted molar refractivity (Wildman–Crippen MR) is 88.3 cm³/mol. The first kappa shape index (κ1) is 15.2. The summed E-state index contributed by atoms with van der Waals surface area (Å²) in [5.41, 5.74) is 1.87. The third-order valence-electron chi connectivity index (χ3n) is 3.26. The number of carbonyl (C=O) groups excluding carboxylic acids is 1. The van der Waals surface area contributed by atoms with Crippen LogP contribution in [0.2, 0.25) is 5.02 Å². The first-order valence-corrected chi connectivity index (χ1v) is 7.49. The van der Waals surface area contributed by atoms with E-state index in [1.165, 1.54) is 4.80 Å². The molecule has 6 nitrogen and oxygen atoms in total. The Morgan fingerprint density at radius 2 is 1.91 bits per heavy atom. The van der Waals surface area contributed by atoms with Crippen LogP contribution in [0.1, 0.15) is 17.3 Å². The number of tetrazole rings is 1. The molecule has 0 bridgehead atoms. The molecule has 1 amide bonds. The van der Waals surface area contributed by atoms with Crippen molar-refractivity contribution in [1.82, 2.24) is 20.2 Å². The number of aryl methyl sites for hydroxylation is 1. The van der Waals surface area contributed by atoms with Crippen LogP contribution in [0.5, 0.6) is 0 Å². The zero-order chi connectivity index (χ0) is 16.2. The Kier molecular flexibility index (Phi) is 4.34. The number of halogens is 1. The maximum atomic E-state index is 12.4. The SMILES string of the molecule is CCn1nnc(-c2ccccc2NC(=O)c2ccc(Cl)cc2)n1. The molecule has 1 aromatic heterocycles. The number of rotatable bonds is 4. The van der Waals surface area contributed by atoms with Crippen molar-refractivity contribution in [3.8, 4) is 11.4 Å². The molecule has 3 rings (SSSR count). The van der Waals surface area contributed by atoms with E-state index in [1.54, 1.807) is 30.3 Å². The third-order valence-corrected chi connectivity index (χ3v) is 3.51. The lowest BCUT2D eigenvalue weighted by molar-refractivity contribution is 0.102. The summed E-state index contributed by atoms with van der Waals surface area (Å²) >= 11 is 5.84. The fourth-order valence-electron chi connectivity index (χ4n) is 2.07. The second-order valence-electron chi connectivity index (χ2n) is 4.81. The summed E-state index contributed by atoms with van der Waals surface area (Å²) in [5.74, 6) is 0.246. The minimum Gasteiger partial charge on any atom is -0.321 e. The van der Waals surface area contributed by atoms with Gasteiger partial charge in [-0.25, -0.2) is 0 Å². The summed E-state index contributed by atoms with van der Waals surface area (Å²) in [5, 5.41) is 15.7. The highest BCUT2D eigenvalue weighted by Crippen LogP contribution is 2.25. The third kappa shape index (κ3) is 3.37. The van der Waals surface area contributed by atoms with Crippen molar-refractivity contribution in [2.75, 3.05) is 5.32 Å². The normalized spacial score (nSPS) is 10.5. The number of aromatic nitrogens is 4. The van der Waals surface area contributed by atoms with Gasteiger partial charge in [-0.3, -0.25) is 4.79 Å². The van der Waals surface area contributed by atoms with Crippen molar-refractivity contribution in [1.29, 1.82) is 0 Å². The molecule has 0 spiro atoms. The fourth-order valence-corrected chi connectivity index (χ4v) is 2.19. The van der Waals surface area contributed by atoms with E-state index >= 15 is 0 Å². The first-order chi connectivity index (χ1) is 11.2. The van der Waals surface area contributed by atoms with Crippen LogP contribution in [-0.4, -0.2) is 26.1 Å². The van der Waals surface area contributed by atoms with E-state index in [0.717, 1.165) is 5.56 Å². The van der Waals surface area contributed by atoms with E-state index in [2.05, 4.69) is 20.7 Å². The molecule has 0 saturated heterocycles. The summed E-state index contributed by atoms with van der Waals surface area (Å²) in [4.78, 5) is 13.8. The molecule has 0 aliphatic heterocycles. The molecule has 3 aromatic rings. The molecule has 0 radical (unpaired) electrons. The van der Waals surface area contributed by atoms with Gasteiger partial charge in [0.25, 0.3) is 5.91 Å². The first-order valence-electron chi connectivity index (χ1n) is 7.11. The van der Waals surface area contributed by atoms with Crippen LogP contribution in [-0.2, 0) is 6.54 Å². The van der Waals surface area contributed by atoms with E-state index in [9.17, 15) is 4.79 Å². The molecule has 116 valence electrons. The Bertz CT molecular complexity index is 828. The van der Waals surface area contributed by atoms with Crippen LogP contribution in [0.4, 0.5) is 5.69 Å². The van der Waals surface area contributed by atoms with Gasteiger partial charge in [-0.1, -0.05) is 23.7 Å². The van der Waals surface area contributed by atoms with E-state index in [1.807, 2.05) is 25.1 Å². The van der Waals surface area contributed by atoms with Crippen molar-refractivity contribution < 1.29 is 4.79 Å². The highest BCUT2D eigenvalue weighted by atomic mass is 35.5. The van der Waals surface area contributed by atoms with Gasteiger partial charge in [-0.15, -0.1) is 10.2 Å². The molecule has 0 aliphatic carbocycles. The minimum atomic E-state index is -0.225. The Morgan fingerprint density at radius 3 is 2.61 bits per heavy atom. The maximum Gasteiger partial charge on any atom is 0.255 e. The van der Waals surface area contributed by atoms with Gasteiger partial charge in [0.05, 0.1) is 12.2 Å². The zero-order valence-corrected chi connectivity index (χ0v) is 13.2. The number of benzene rings is 2. The molecule has 0 atom stereocenters. The number of anilines is 1. The molecule has 7 heteroatoms. The molecule has 0 unspecified atom stereocenters. The van der Waals surface area contributed by atoms with Crippen LogP contribution in [0.3, 0.4) is 0 Å². The van der Waals surface area contributed by atoms with Gasteiger partial charge < -0.3 is 5.32 Å². The zero-order valence-electron chi connectivity index (χ0n) is 12.4. The molecule has 2 aromatic carbocycles. The van der Waals surface area contributed by atoms with Gasteiger partial charge in [0.2, 0.25) is 5.82 Å². The van der Waals surface area contributed by atoms with E-state index in [0.29, 0.717) is 28.6 Å². The number of nitrogens with zero attached hydrogens (tertiary/aromatic N) is 4.